The van der Waals surface area contributed by atoms with Gasteiger partial charge < -0.3 is 24.8 Å². The number of aliphatic hydroxyl groups excluding tert-OH is 1. The molecular weight excluding hydrogens is 522 g/mol. The minimum absolute atomic E-state index is 0.00999. The Bertz CT molecular complexity index is 1040. The molecule has 0 radical (unpaired) electrons. The van der Waals surface area contributed by atoms with E-state index >= 15 is 0 Å². The first-order chi connectivity index (χ1) is 19.2. The number of ether oxygens (including phenoxy) is 2. The van der Waals surface area contributed by atoms with E-state index in [4.69, 9.17) is 9.47 Å². The smallest absolute Gasteiger partial charge is 0.415 e. The highest BCUT2D eigenvalue weighted by Crippen LogP contribution is 2.14. The van der Waals surface area contributed by atoms with Crippen molar-refractivity contribution in [2.45, 2.75) is 86.2 Å². The molecule has 2 rings (SSSR count). The van der Waals surface area contributed by atoms with Gasteiger partial charge in [0.25, 0.3) is 0 Å². The fraction of sp³-hybridized carbons (Fsp3) is 0.531. The van der Waals surface area contributed by atoms with Gasteiger partial charge in [-0.2, -0.15) is 0 Å². The Morgan fingerprint density at radius 3 is 1.85 bits per heavy atom. The number of imide groups is 1. The summed E-state index contributed by atoms with van der Waals surface area (Å²) in [4.78, 5) is 39.0. The summed E-state index contributed by atoms with van der Waals surface area (Å²) in [6.45, 7) is 16.0. The number of amides is 4. The van der Waals surface area contributed by atoms with Crippen molar-refractivity contribution in [3.8, 4) is 0 Å². The van der Waals surface area contributed by atoms with Crippen molar-refractivity contribution in [3.63, 3.8) is 0 Å². The highest BCUT2D eigenvalue weighted by molar-refractivity contribution is 5.90. The molecule has 0 bridgehead atoms. The fourth-order valence-electron chi connectivity index (χ4n) is 3.55. The maximum absolute atomic E-state index is 12.8. The second-order valence-corrected chi connectivity index (χ2v) is 12.0. The van der Waals surface area contributed by atoms with Gasteiger partial charge in [-0.3, -0.25) is 0 Å². The topological polar surface area (TPSA) is 117 Å². The molecule has 3 N–H and O–H groups in total. The quantitative estimate of drug-likeness (QED) is 0.315. The minimum atomic E-state index is -1.14. The zero-order valence-electron chi connectivity index (χ0n) is 25.8. The van der Waals surface area contributed by atoms with E-state index in [2.05, 4.69) is 31.4 Å². The lowest BCUT2D eigenvalue weighted by Crippen LogP contribution is -2.54. The van der Waals surface area contributed by atoms with Crippen LogP contribution in [0.5, 0.6) is 0 Å². The van der Waals surface area contributed by atoms with E-state index in [0.29, 0.717) is 6.54 Å². The molecule has 0 saturated carbocycles. The van der Waals surface area contributed by atoms with E-state index in [0.717, 1.165) is 17.0 Å². The number of rotatable bonds is 10. The monoisotopic (exact) mass is 571 g/mol. The van der Waals surface area contributed by atoms with Crippen LogP contribution >= 0.6 is 0 Å². The number of benzene rings is 2. The molecule has 2 aromatic carbocycles. The second-order valence-electron chi connectivity index (χ2n) is 12.0. The third-order valence-corrected chi connectivity index (χ3v) is 5.15. The van der Waals surface area contributed by atoms with Gasteiger partial charge in [0.2, 0.25) is 0 Å². The van der Waals surface area contributed by atoms with Crippen LogP contribution < -0.4 is 10.6 Å². The molecule has 0 heterocycles. The van der Waals surface area contributed by atoms with E-state index in [1.54, 1.807) is 32.9 Å². The number of nitrogens with one attached hydrogen (secondary N) is 2. The predicted octanol–water partition coefficient (Wildman–Crippen LogP) is 6.15. The number of nitrogens with zero attached hydrogens (tertiary/aromatic N) is 1. The fourth-order valence-corrected chi connectivity index (χ4v) is 3.55. The molecule has 4 amide bonds. The lowest BCUT2D eigenvalue weighted by molar-refractivity contribution is 0.00828. The van der Waals surface area contributed by atoms with Gasteiger partial charge in [-0.15, -0.1) is 0 Å². The average Bonchev–Trinajstić information content (AvgIpc) is 2.86. The summed E-state index contributed by atoms with van der Waals surface area (Å²) in [5.41, 5.74) is 0.952. The first-order valence-corrected chi connectivity index (χ1v) is 14.1. The van der Waals surface area contributed by atoms with Crippen LogP contribution in [0.15, 0.2) is 60.7 Å². The molecule has 0 spiro atoms. The van der Waals surface area contributed by atoms with Crippen molar-refractivity contribution in [1.82, 2.24) is 15.5 Å². The highest BCUT2D eigenvalue weighted by atomic mass is 16.6. The lowest BCUT2D eigenvalue weighted by atomic mass is 10.0. The van der Waals surface area contributed by atoms with Gasteiger partial charge in [0.05, 0.1) is 18.7 Å². The Morgan fingerprint density at radius 1 is 0.854 bits per heavy atom. The van der Waals surface area contributed by atoms with Crippen LogP contribution in [0.3, 0.4) is 0 Å². The number of hydrogen-bond donors (Lipinski definition) is 3. The van der Waals surface area contributed by atoms with Crippen LogP contribution in [-0.4, -0.2) is 59.1 Å². The van der Waals surface area contributed by atoms with Crippen molar-refractivity contribution in [1.29, 1.82) is 0 Å². The Kier molecular flexibility index (Phi) is 15.5. The van der Waals surface area contributed by atoms with Gasteiger partial charge in [0, 0.05) is 6.54 Å². The number of carbonyl (C=O) groups excluding carboxylic acids is 3. The standard InChI is InChI=1S/C28H39N3O6.C4H10/c1-20(2)17-31(27(35)37-28(3,4)5)18-24(32)23(16-21-12-8-6-9-13-21)29-25(33)30-26(34)36-19-22-14-10-7-11-15-22;1-4(2)3/h6-15,20,23-24,32H,16-19H2,1-5H3,(H2,29,30,33,34);4H,1-3H3. The molecule has 0 aliphatic rings. The summed E-state index contributed by atoms with van der Waals surface area (Å²) in [7, 11) is 0. The summed E-state index contributed by atoms with van der Waals surface area (Å²) in [5, 5.41) is 15.9. The molecule has 2 aromatic rings. The number of urea groups is 1. The Morgan fingerprint density at radius 2 is 1.37 bits per heavy atom. The van der Waals surface area contributed by atoms with Gasteiger partial charge in [0.1, 0.15) is 12.2 Å². The van der Waals surface area contributed by atoms with Gasteiger partial charge in [0.15, 0.2) is 0 Å². The average molecular weight is 572 g/mol. The van der Waals surface area contributed by atoms with Crippen molar-refractivity contribution in [2.75, 3.05) is 13.1 Å². The van der Waals surface area contributed by atoms with Gasteiger partial charge in [-0.05, 0) is 50.2 Å². The van der Waals surface area contributed by atoms with E-state index < -0.39 is 36.0 Å². The zero-order valence-corrected chi connectivity index (χ0v) is 25.8. The van der Waals surface area contributed by atoms with E-state index in [1.807, 2.05) is 62.4 Å². The first-order valence-electron chi connectivity index (χ1n) is 14.1. The molecule has 2 atom stereocenters. The molecule has 0 aliphatic carbocycles. The van der Waals surface area contributed by atoms with E-state index in [9.17, 15) is 19.5 Å². The molecule has 2 unspecified atom stereocenters. The van der Waals surface area contributed by atoms with Crippen LogP contribution in [0.1, 0.15) is 66.5 Å². The third-order valence-electron chi connectivity index (χ3n) is 5.15. The Hall–Kier alpha value is -3.59. The van der Waals surface area contributed by atoms with E-state index in [1.165, 1.54) is 4.90 Å². The maximum Gasteiger partial charge on any atom is 0.415 e. The van der Waals surface area contributed by atoms with Crippen LogP contribution in [0.4, 0.5) is 14.4 Å². The molecule has 0 aromatic heterocycles. The van der Waals surface area contributed by atoms with Crippen LogP contribution in [-0.2, 0) is 22.5 Å². The molecule has 0 saturated heterocycles. The largest absolute Gasteiger partial charge is 0.444 e. The molecule has 9 heteroatoms. The third kappa shape index (κ3) is 17.0. The maximum atomic E-state index is 12.8. The molecule has 228 valence electrons. The van der Waals surface area contributed by atoms with E-state index in [-0.39, 0.29) is 25.5 Å². The summed E-state index contributed by atoms with van der Waals surface area (Å²) in [6, 6.07) is 16.8. The predicted molar refractivity (Wildman–Crippen MR) is 161 cm³/mol. The molecule has 0 aliphatic heterocycles. The molecular formula is C32H49N3O6. The first kappa shape index (κ1) is 35.4. The Balaban J connectivity index is 0.00000196. The van der Waals surface area contributed by atoms with Gasteiger partial charge in [-0.25, -0.2) is 19.7 Å². The summed E-state index contributed by atoms with van der Waals surface area (Å²) < 4.78 is 10.6. The molecule has 41 heavy (non-hydrogen) atoms. The second kappa shape index (κ2) is 18.0. The number of alkyl carbamates (subject to hydrolysis) is 1. The van der Waals surface area contributed by atoms with Crippen LogP contribution in [0.25, 0.3) is 0 Å². The van der Waals surface area contributed by atoms with Gasteiger partial charge >= 0.3 is 18.2 Å². The Labute approximate surface area is 245 Å². The molecule has 9 nitrogen and oxygen atoms in total. The lowest BCUT2D eigenvalue weighted by Gasteiger charge is -2.32. The number of hydrogen-bond acceptors (Lipinski definition) is 6. The highest BCUT2D eigenvalue weighted by Gasteiger charge is 2.29. The number of aliphatic hydroxyl groups is 1. The normalized spacial score (nSPS) is 12.5. The van der Waals surface area contributed by atoms with Crippen molar-refractivity contribution >= 4 is 18.2 Å². The van der Waals surface area contributed by atoms with Crippen LogP contribution in [0, 0.1) is 11.8 Å². The summed E-state index contributed by atoms with van der Waals surface area (Å²) in [6.07, 6.45) is -2.33. The van der Waals surface area contributed by atoms with Crippen molar-refractivity contribution < 1.29 is 29.0 Å². The van der Waals surface area contributed by atoms with Crippen LogP contribution in [0.2, 0.25) is 0 Å². The number of carbonyl (C=O) groups is 3. The van der Waals surface area contributed by atoms with Crippen molar-refractivity contribution in [2.24, 2.45) is 11.8 Å². The summed E-state index contributed by atoms with van der Waals surface area (Å²) >= 11 is 0. The SMILES string of the molecule is CC(C)C.CC(C)CN(CC(O)C(Cc1ccccc1)NC(=O)NC(=O)OCc1ccccc1)C(=O)OC(C)(C)C. The zero-order chi connectivity index (χ0) is 31.0. The molecule has 0 fully saturated rings. The summed E-state index contributed by atoms with van der Waals surface area (Å²) in [5.74, 6) is 0.961. The van der Waals surface area contributed by atoms with Crippen molar-refractivity contribution in [3.05, 3.63) is 71.8 Å². The minimum Gasteiger partial charge on any atom is -0.444 e. The van der Waals surface area contributed by atoms with Gasteiger partial charge in [-0.1, -0.05) is 95.3 Å².